The van der Waals surface area contributed by atoms with E-state index < -0.39 is 11.9 Å². The third-order valence-electron chi connectivity index (χ3n) is 2.50. The summed E-state index contributed by atoms with van der Waals surface area (Å²) in [6.07, 6.45) is -0.821. The highest BCUT2D eigenvalue weighted by atomic mass is 35.5. The molecule has 18 heavy (non-hydrogen) atoms. The van der Waals surface area contributed by atoms with E-state index in [9.17, 15) is 9.50 Å². The Bertz CT molecular complexity index is 555. The number of benzene rings is 2. The average Bonchev–Trinajstić information content (AvgIpc) is 2.34. The predicted molar refractivity (Wildman–Crippen MR) is 68.6 cm³/mol. The molecule has 2 rings (SSSR count). The minimum atomic E-state index is -0.821. The van der Waals surface area contributed by atoms with Gasteiger partial charge in [0.25, 0.3) is 0 Å². The molecule has 0 saturated heterocycles. The van der Waals surface area contributed by atoms with Gasteiger partial charge in [0.05, 0.1) is 11.1 Å². The monoisotopic (exact) mass is 266 g/mol. The van der Waals surface area contributed by atoms with Crippen LogP contribution < -0.4 is 4.74 Å². The molecule has 4 heteroatoms. The molecule has 0 aliphatic rings. The first-order valence-electron chi connectivity index (χ1n) is 5.48. The van der Waals surface area contributed by atoms with Crippen molar-refractivity contribution in [1.29, 1.82) is 0 Å². The summed E-state index contributed by atoms with van der Waals surface area (Å²) in [6.45, 7) is 1.55. The van der Waals surface area contributed by atoms with E-state index in [-0.39, 0.29) is 5.75 Å². The van der Waals surface area contributed by atoms with Gasteiger partial charge in [0.15, 0.2) is 11.6 Å². The van der Waals surface area contributed by atoms with Gasteiger partial charge in [-0.3, -0.25) is 0 Å². The zero-order chi connectivity index (χ0) is 13.1. The van der Waals surface area contributed by atoms with Crippen LogP contribution in [0.15, 0.2) is 42.5 Å². The van der Waals surface area contributed by atoms with Crippen molar-refractivity contribution in [2.45, 2.75) is 13.0 Å². The number of ether oxygens (including phenoxy) is 1. The van der Waals surface area contributed by atoms with E-state index in [1.807, 2.05) is 0 Å². The van der Waals surface area contributed by atoms with Crippen LogP contribution in [0.25, 0.3) is 0 Å². The van der Waals surface area contributed by atoms with Crippen molar-refractivity contribution in [3.63, 3.8) is 0 Å². The molecule has 1 atom stereocenters. The van der Waals surface area contributed by atoms with Gasteiger partial charge in [-0.2, -0.15) is 0 Å². The number of para-hydroxylation sites is 2. The summed E-state index contributed by atoms with van der Waals surface area (Å²) in [7, 11) is 0. The van der Waals surface area contributed by atoms with Gasteiger partial charge in [0, 0.05) is 5.56 Å². The first-order chi connectivity index (χ1) is 8.59. The molecule has 0 saturated carbocycles. The van der Waals surface area contributed by atoms with Crippen molar-refractivity contribution in [2.75, 3.05) is 0 Å². The zero-order valence-electron chi connectivity index (χ0n) is 9.73. The molecule has 0 heterocycles. The molecule has 2 nitrogen and oxygen atoms in total. The van der Waals surface area contributed by atoms with E-state index in [1.54, 1.807) is 37.3 Å². The maximum atomic E-state index is 13.7. The molecule has 0 bridgehead atoms. The smallest absolute Gasteiger partial charge is 0.168 e. The Morgan fingerprint density at radius 2 is 1.89 bits per heavy atom. The number of hydrogen-bond acceptors (Lipinski definition) is 2. The molecule has 0 spiro atoms. The van der Waals surface area contributed by atoms with Crippen LogP contribution in [-0.4, -0.2) is 5.11 Å². The second kappa shape index (κ2) is 5.38. The third-order valence-corrected chi connectivity index (χ3v) is 2.81. The van der Waals surface area contributed by atoms with E-state index >= 15 is 0 Å². The van der Waals surface area contributed by atoms with Crippen molar-refractivity contribution in [3.05, 3.63) is 58.9 Å². The molecule has 2 aromatic carbocycles. The normalized spacial score (nSPS) is 12.2. The molecule has 0 aliphatic heterocycles. The molecular weight excluding hydrogens is 255 g/mol. The van der Waals surface area contributed by atoms with Gasteiger partial charge in [-0.1, -0.05) is 35.9 Å². The fourth-order valence-corrected chi connectivity index (χ4v) is 1.77. The Balaban J connectivity index is 2.43. The molecule has 0 aliphatic carbocycles. The van der Waals surface area contributed by atoms with E-state index in [4.69, 9.17) is 16.3 Å². The molecule has 0 radical (unpaired) electrons. The van der Waals surface area contributed by atoms with Crippen molar-refractivity contribution < 1.29 is 14.2 Å². The topological polar surface area (TPSA) is 29.5 Å². The SMILES string of the molecule is C[C@H](O)c1cccc(F)c1Oc1ccccc1Cl. The fourth-order valence-electron chi connectivity index (χ4n) is 1.60. The van der Waals surface area contributed by atoms with Crippen LogP contribution in [0.2, 0.25) is 5.02 Å². The standard InChI is InChI=1S/C14H12ClFO2/c1-9(17)10-5-4-7-12(16)14(10)18-13-8-3-2-6-11(13)15/h2-9,17H,1H3/t9-/m0/s1. The predicted octanol–water partition coefficient (Wildman–Crippen LogP) is 4.32. The van der Waals surface area contributed by atoms with Crippen LogP contribution in [-0.2, 0) is 0 Å². The first kappa shape index (κ1) is 12.9. The van der Waals surface area contributed by atoms with Gasteiger partial charge >= 0.3 is 0 Å². The van der Waals surface area contributed by atoms with Gasteiger partial charge in [0.2, 0.25) is 0 Å². The summed E-state index contributed by atoms with van der Waals surface area (Å²) in [5, 5.41) is 9.98. The summed E-state index contributed by atoms with van der Waals surface area (Å²) in [6, 6.07) is 11.2. The van der Waals surface area contributed by atoms with Crippen molar-refractivity contribution >= 4 is 11.6 Å². The Hall–Kier alpha value is -1.58. The van der Waals surface area contributed by atoms with Crippen LogP contribution in [0.4, 0.5) is 4.39 Å². The molecule has 94 valence electrons. The lowest BCUT2D eigenvalue weighted by Crippen LogP contribution is -1.98. The lowest BCUT2D eigenvalue weighted by Gasteiger charge is -2.14. The second-order valence-electron chi connectivity index (χ2n) is 3.87. The number of rotatable bonds is 3. The second-order valence-corrected chi connectivity index (χ2v) is 4.27. The third kappa shape index (κ3) is 2.63. The molecule has 2 aromatic rings. The van der Waals surface area contributed by atoms with Crippen LogP contribution in [0.5, 0.6) is 11.5 Å². The Kier molecular flexibility index (Phi) is 3.84. The zero-order valence-corrected chi connectivity index (χ0v) is 10.5. The molecular formula is C14H12ClFO2. The lowest BCUT2D eigenvalue weighted by atomic mass is 10.1. The number of hydrogen-bond donors (Lipinski definition) is 1. The van der Waals surface area contributed by atoms with Gasteiger partial charge < -0.3 is 9.84 Å². The highest BCUT2D eigenvalue weighted by molar-refractivity contribution is 6.32. The summed E-state index contributed by atoms with van der Waals surface area (Å²) < 4.78 is 19.2. The molecule has 0 unspecified atom stereocenters. The Labute approximate surface area is 110 Å². The van der Waals surface area contributed by atoms with Gasteiger partial charge in [-0.25, -0.2) is 4.39 Å². The van der Waals surface area contributed by atoms with E-state index in [2.05, 4.69) is 0 Å². The lowest BCUT2D eigenvalue weighted by molar-refractivity contribution is 0.194. The summed E-state index contributed by atoms with van der Waals surface area (Å²) in [5.41, 5.74) is 0.384. The van der Waals surface area contributed by atoms with Crippen molar-refractivity contribution in [2.24, 2.45) is 0 Å². The van der Waals surface area contributed by atoms with Crippen LogP contribution in [0.1, 0.15) is 18.6 Å². The van der Waals surface area contributed by atoms with Crippen molar-refractivity contribution in [3.8, 4) is 11.5 Å². The summed E-state index contributed by atoms with van der Waals surface area (Å²) in [5.74, 6) is -0.180. The maximum Gasteiger partial charge on any atom is 0.168 e. The van der Waals surface area contributed by atoms with Gasteiger partial charge in [0.1, 0.15) is 5.75 Å². The minimum absolute atomic E-state index is 0.000556. The largest absolute Gasteiger partial charge is 0.452 e. The van der Waals surface area contributed by atoms with Crippen molar-refractivity contribution in [1.82, 2.24) is 0 Å². The highest BCUT2D eigenvalue weighted by Crippen LogP contribution is 2.35. The van der Waals surface area contributed by atoms with Crippen LogP contribution in [0, 0.1) is 5.82 Å². The van der Waals surface area contributed by atoms with Crippen LogP contribution in [0.3, 0.4) is 0 Å². The Morgan fingerprint density at radius 1 is 1.17 bits per heavy atom. The molecule has 0 aromatic heterocycles. The van der Waals surface area contributed by atoms with Crippen LogP contribution >= 0.6 is 11.6 Å². The quantitative estimate of drug-likeness (QED) is 0.896. The molecule has 0 amide bonds. The first-order valence-corrected chi connectivity index (χ1v) is 5.86. The molecule has 0 fully saturated rings. The maximum absolute atomic E-state index is 13.7. The van der Waals surface area contributed by atoms with E-state index in [0.29, 0.717) is 16.3 Å². The van der Waals surface area contributed by atoms with Gasteiger partial charge in [-0.15, -0.1) is 0 Å². The average molecular weight is 267 g/mol. The summed E-state index contributed by atoms with van der Waals surface area (Å²) >= 11 is 5.95. The molecule has 1 N–H and O–H groups in total. The van der Waals surface area contributed by atoms with E-state index in [1.165, 1.54) is 12.1 Å². The number of aliphatic hydroxyl groups excluding tert-OH is 1. The highest BCUT2D eigenvalue weighted by Gasteiger charge is 2.15. The van der Waals surface area contributed by atoms with Gasteiger partial charge in [-0.05, 0) is 25.1 Å². The summed E-state index contributed by atoms with van der Waals surface area (Å²) in [4.78, 5) is 0. The number of aliphatic hydroxyl groups is 1. The minimum Gasteiger partial charge on any atom is -0.452 e. The van der Waals surface area contributed by atoms with E-state index in [0.717, 1.165) is 0 Å². The fraction of sp³-hybridized carbons (Fsp3) is 0.143. The number of halogens is 2. The Morgan fingerprint density at radius 3 is 2.56 bits per heavy atom.